The van der Waals surface area contributed by atoms with Crippen LogP contribution in [-0.4, -0.2) is 41.2 Å². The number of rotatable bonds is 5. The fraction of sp³-hybridized carbons (Fsp3) is 0.533. The van der Waals surface area contributed by atoms with E-state index >= 15 is 0 Å². The van der Waals surface area contributed by atoms with Crippen LogP contribution in [0.25, 0.3) is 0 Å². The van der Waals surface area contributed by atoms with Gasteiger partial charge in [-0.15, -0.1) is 0 Å². The molecule has 0 saturated carbocycles. The zero-order chi connectivity index (χ0) is 13.7. The molecule has 1 aromatic carbocycles. The van der Waals surface area contributed by atoms with Crippen LogP contribution in [0.3, 0.4) is 0 Å². The van der Waals surface area contributed by atoms with Crippen molar-refractivity contribution in [1.82, 2.24) is 4.90 Å². The van der Waals surface area contributed by atoms with E-state index in [0.29, 0.717) is 6.61 Å². The first-order chi connectivity index (χ1) is 9.22. The zero-order valence-corrected chi connectivity index (χ0v) is 11.3. The Morgan fingerprint density at radius 1 is 1.47 bits per heavy atom. The second-order valence-electron chi connectivity index (χ2n) is 4.95. The van der Waals surface area contributed by atoms with Crippen LogP contribution >= 0.6 is 0 Å². The zero-order valence-electron chi connectivity index (χ0n) is 11.3. The molecule has 104 valence electrons. The van der Waals surface area contributed by atoms with Crippen molar-refractivity contribution in [2.24, 2.45) is 0 Å². The Labute approximate surface area is 114 Å². The highest BCUT2D eigenvalue weighted by Gasteiger charge is 2.31. The number of likely N-dealkylation sites (tertiary alicyclic amines) is 1. The van der Waals surface area contributed by atoms with Gasteiger partial charge in [0.1, 0.15) is 6.10 Å². The SMILES string of the molecule is CC(OCc1ccccc1)C(=O)N1CCC[C@@H]1CO. The van der Waals surface area contributed by atoms with E-state index < -0.39 is 6.10 Å². The lowest BCUT2D eigenvalue weighted by Gasteiger charge is -2.26. The van der Waals surface area contributed by atoms with E-state index in [4.69, 9.17) is 4.74 Å². The number of aliphatic hydroxyl groups is 1. The van der Waals surface area contributed by atoms with Gasteiger partial charge in [0.05, 0.1) is 19.3 Å². The number of ether oxygens (including phenoxy) is 1. The number of carbonyl (C=O) groups excluding carboxylic acids is 1. The highest BCUT2D eigenvalue weighted by molar-refractivity contribution is 5.81. The van der Waals surface area contributed by atoms with Gasteiger partial charge in [0.15, 0.2) is 0 Å². The number of hydrogen-bond acceptors (Lipinski definition) is 3. The van der Waals surface area contributed by atoms with Gasteiger partial charge in [-0.3, -0.25) is 4.79 Å². The number of aliphatic hydroxyl groups excluding tert-OH is 1. The van der Waals surface area contributed by atoms with Crippen LogP contribution in [0.5, 0.6) is 0 Å². The molecule has 1 fully saturated rings. The number of amides is 1. The van der Waals surface area contributed by atoms with Gasteiger partial charge in [0.2, 0.25) is 0 Å². The highest BCUT2D eigenvalue weighted by atomic mass is 16.5. The predicted molar refractivity (Wildman–Crippen MR) is 72.5 cm³/mol. The van der Waals surface area contributed by atoms with E-state index in [9.17, 15) is 9.90 Å². The second-order valence-corrected chi connectivity index (χ2v) is 4.95. The number of hydrogen-bond donors (Lipinski definition) is 1. The molecule has 2 atom stereocenters. The lowest BCUT2D eigenvalue weighted by molar-refractivity contribution is -0.145. The molecule has 0 aliphatic carbocycles. The molecule has 4 nitrogen and oxygen atoms in total. The van der Waals surface area contributed by atoms with Crippen LogP contribution in [0.1, 0.15) is 25.3 Å². The maximum atomic E-state index is 12.2. The molecular weight excluding hydrogens is 242 g/mol. The van der Waals surface area contributed by atoms with Gasteiger partial charge < -0.3 is 14.7 Å². The minimum atomic E-state index is -0.465. The first kappa shape index (κ1) is 14.0. The average molecular weight is 263 g/mol. The molecule has 1 aromatic rings. The predicted octanol–water partition coefficient (Wildman–Crippen LogP) is 1.57. The standard InChI is InChI=1S/C15H21NO3/c1-12(19-11-13-6-3-2-4-7-13)15(18)16-9-5-8-14(16)10-17/h2-4,6-7,12,14,17H,5,8-11H2,1H3/t12?,14-/m1/s1. The molecule has 1 saturated heterocycles. The number of carbonyl (C=O) groups is 1. The Balaban J connectivity index is 1.85. The largest absolute Gasteiger partial charge is 0.394 e. The van der Waals surface area contributed by atoms with E-state index in [2.05, 4.69) is 0 Å². The van der Waals surface area contributed by atoms with Crippen LogP contribution in [0.4, 0.5) is 0 Å². The summed E-state index contributed by atoms with van der Waals surface area (Å²) in [5.41, 5.74) is 1.06. The fourth-order valence-corrected chi connectivity index (χ4v) is 2.42. The van der Waals surface area contributed by atoms with Gasteiger partial charge >= 0.3 is 0 Å². The van der Waals surface area contributed by atoms with E-state index in [1.165, 1.54) is 0 Å². The third kappa shape index (κ3) is 3.55. The summed E-state index contributed by atoms with van der Waals surface area (Å²) in [5.74, 6) is -0.0209. The lowest BCUT2D eigenvalue weighted by Crippen LogP contribution is -2.43. The third-order valence-corrected chi connectivity index (χ3v) is 3.56. The molecule has 1 N–H and O–H groups in total. The van der Waals surface area contributed by atoms with Crippen molar-refractivity contribution in [3.05, 3.63) is 35.9 Å². The monoisotopic (exact) mass is 263 g/mol. The summed E-state index contributed by atoms with van der Waals surface area (Å²) in [6.45, 7) is 2.98. The second kappa shape index (κ2) is 6.68. The summed E-state index contributed by atoms with van der Waals surface area (Å²) >= 11 is 0. The van der Waals surface area contributed by atoms with Gasteiger partial charge in [0, 0.05) is 6.54 Å². The van der Waals surface area contributed by atoms with Crippen LogP contribution in [0.15, 0.2) is 30.3 Å². The quantitative estimate of drug-likeness (QED) is 0.877. The highest BCUT2D eigenvalue weighted by Crippen LogP contribution is 2.18. The molecule has 2 rings (SSSR count). The summed E-state index contributed by atoms with van der Waals surface area (Å²) in [4.78, 5) is 14.0. The first-order valence-electron chi connectivity index (χ1n) is 6.79. The molecule has 1 aliphatic heterocycles. The molecule has 1 heterocycles. The average Bonchev–Trinajstić information content (AvgIpc) is 2.93. The van der Waals surface area contributed by atoms with E-state index in [1.807, 2.05) is 30.3 Å². The van der Waals surface area contributed by atoms with Gasteiger partial charge in [-0.2, -0.15) is 0 Å². The summed E-state index contributed by atoms with van der Waals surface area (Å²) in [7, 11) is 0. The van der Waals surface area contributed by atoms with Crippen LogP contribution < -0.4 is 0 Å². The topological polar surface area (TPSA) is 49.8 Å². The molecule has 0 aromatic heterocycles. The minimum absolute atomic E-state index is 0.0209. The molecule has 0 radical (unpaired) electrons. The van der Waals surface area contributed by atoms with Gasteiger partial charge in [-0.05, 0) is 25.3 Å². The van der Waals surface area contributed by atoms with Crippen molar-refractivity contribution in [2.45, 2.75) is 38.5 Å². The fourth-order valence-electron chi connectivity index (χ4n) is 2.42. The van der Waals surface area contributed by atoms with Crippen LogP contribution in [0.2, 0.25) is 0 Å². The molecule has 1 unspecified atom stereocenters. The number of nitrogens with zero attached hydrogens (tertiary/aromatic N) is 1. The molecule has 19 heavy (non-hydrogen) atoms. The lowest BCUT2D eigenvalue weighted by atomic mass is 10.2. The van der Waals surface area contributed by atoms with E-state index in [-0.39, 0.29) is 18.6 Å². The van der Waals surface area contributed by atoms with E-state index in [1.54, 1.807) is 11.8 Å². The van der Waals surface area contributed by atoms with Gasteiger partial charge in [-0.25, -0.2) is 0 Å². The first-order valence-corrected chi connectivity index (χ1v) is 6.79. The molecular formula is C15H21NO3. The molecule has 0 bridgehead atoms. The van der Waals surface area contributed by atoms with Crippen LogP contribution in [0, 0.1) is 0 Å². The maximum absolute atomic E-state index is 12.2. The molecule has 1 amide bonds. The van der Waals surface area contributed by atoms with Crippen molar-refractivity contribution < 1.29 is 14.6 Å². The summed E-state index contributed by atoms with van der Waals surface area (Å²) in [5, 5.41) is 9.24. The third-order valence-electron chi connectivity index (χ3n) is 3.56. The number of benzene rings is 1. The van der Waals surface area contributed by atoms with Crippen molar-refractivity contribution >= 4 is 5.91 Å². The van der Waals surface area contributed by atoms with Crippen molar-refractivity contribution in [3.8, 4) is 0 Å². The van der Waals surface area contributed by atoms with Gasteiger partial charge in [0.25, 0.3) is 5.91 Å². The van der Waals surface area contributed by atoms with Crippen molar-refractivity contribution in [3.63, 3.8) is 0 Å². The Morgan fingerprint density at radius 2 is 2.21 bits per heavy atom. The molecule has 1 aliphatic rings. The minimum Gasteiger partial charge on any atom is -0.394 e. The van der Waals surface area contributed by atoms with Crippen LogP contribution in [-0.2, 0) is 16.1 Å². The Kier molecular flexibility index (Phi) is 4.93. The summed E-state index contributed by atoms with van der Waals surface area (Å²) < 4.78 is 5.62. The van der Waals surface area contributed by atoms with Gasteiger partial charge in [-0.1, -0.05) is 30.3 Å². The Bertz CT molecular complexity index is 407. The maximum Gasteiger partial charge on any atom is 0.251 e. The molecule has 0 spiro atoms. The smallest absolute Gasteiger partial charge is 0.251 e. The Morgan fingerprint density at radius 3 is 2.89 bits per heavy atom. The molecule has 4 heteroatoms. The van der Waals surface area contributed by atoms with E-state index in [0.717, 1.165) is 24.9 Å². The van der Waals surface area contributed by atoms with Crippen molar-refractivity contribution in [1.29, 1.82) is 0 Å². The van der Waals surface area contributed by atoms with Crippen molar-refractivity contribution in [2.75, 3.05) is 13.2 Å². The summed E-state index contributed by atoms with van der Waals surface area (Å²) in [6.07, 6.45) is 1.38. The Hall–Kier alpha value is -1.39. The normalized spacial score (nSPS) is 20.5. The summed E-state index contributed by atoms with van der Waals surface area (Å²) in [6, 6.07) is 9.78.